The standard InChI is InChI=1S/C24H22N4O2S/c1-15-21(16-6-10-20(30-2)11-7-16)13-22(31-15)24(29)27-18-5-3-4-17(12-18)23-25-14-26-28(23)19-8-9-19/h3-7,10-14,19H,8-9H2,1-2H3,(H,27,29). The van der Waals surface area contributed by atoms with Gasteiger partial charge >= 0.3 is 0 Å². The van der Waals surface area contributed by atoms with Gasteiger partial charge in [-0.3, -0.25) is 4.79 Å². The van der Waals surface area contributed by atoms with Crippen LogP contribution in [0.5, 0.6) is 5.75 Å². The van der Waals surface area contributed by atoms with Crippen LogP contribution in [-0.4, -0.2) is 27.8 Å². The fraction of sp³-hybridized carbons (Fsp3) is 0.208. The predicted molar refractivity (Wildman–Crippen MR) is 123 cm³/mol. The van der Waals surface area contributed by atoms with Gasteiger partial charge in [-0.1, -0.05) is 24.3 Å². The maximum absolute atomic E-state index is 12.9. The number of rotatable bonds is 6. The first kappa shape index (κ1) is 19.5. The Morgan fingerprint density at radius 1 is 1.13 bits per heavy atom. The Morgan fingerprint density at radius 3 is 2.68 bits per heavy atom. The molecule has 7 heteroatoms. The second-order valence-corrected chi connectivity index (χ2v) is 8.86. The van der Waals surface area contributed by atoms with Gasteiger partial charge in [0.15, 0.2) is 5.82 Å². The van der Waals surface area contributed by atoms with Crippen molar-refractivity contribution >= 4 is 22.9 Å². The van der Waals surface area contributed by atoms with Gasteiger partial charge in [0.25, 0.3) is 5.91 Å². The number of methoxy groups -OCH3 is 1. The van der Waals surface area contributed by atoms with E-state index in [2.05, 4.69) is 15.4 Å². The number of amides is 1. The Balaban J connectivity index is 1.36. The Hall–Kier alpha value is -3.45. The van der Waals surface area contributed by atoms with Crippen LogP contribution in [0, 0.1) is 6.92 Å². The van der Waals surface area contributed by atoms with Gasteiger partial charge in [-0.25, -0.2) is 9.67 Å². The number of benzene rings is 2. The molecule has 1 aliphatic carbocycles. The molecule has 2 heterocycles. The SMILES string of the molecule is COc1ccc(-c2cc(C(=O)Nc3cccc(-c4ncnn4C4CC4)c3)sc2C)cc1. The average molecular weight is 431 g/mol. The number of hydrogen-bond acceptors (Lipinski definition) is 5. The van der Waals surface area contributed by atoms with Crippen molar-refractivity contribution in [2.75, 3.05) is 12.4 Å². The number of carbonyl (C=O) groups excluding carboxylic acids is 1. The van der Waals surface area contributed by atoms with Crippen molar-refractivity contribution in [1.29, 1.82) is 0 Å². The third-order valence-corrected chi connectivity index (χ3v) is 6.44. The van der Waals surface area contributed by atoms with Crippen LogP contribution in [0.25, 0.3) is 22.5 Å². The zero-order valence-corrected chi connectivity index (χ0v) is 18.1. The molecule has 0 saturated heterocycles. The van der Waals surface area contributed by atoms with Crippen LogP contribution in [0.1, 0.15) is 33.4 Å². The maximum atomic E-state index is 12.9. The molecule has 1 fully saturated rings. The lowest BCUT2D eigenvalue weighted by molar-refractivity contribution is 0.103. The van der Waals surface area contributed by atoms with Gasteiger partial charge in [-0.15, -0.1) is 11.3 Å². The van der Waals surface area contributed by atoms with Crippen molar-refractivity contribution in [3.63, 3.8) is 0 Å². The Kier molecular flexibility index (Phi) is 5.03. The van der Waals surface area contributed by atoms with E-state index in [-0.39, 0.29) is 5.91 Å². The molecule has 6 nitrogen and oxygen atoms in total. The van der Waals surface area contributed by atoms with Crippen LogP contribution in [0.3, 0.4) is 0 Å². The summed E-state index contributed by atoms with van der Waals surface area (Å²) < 4.78 is 7.21. The second kappa shape index (κ2) is 8.00. The second-order valence-electron chi connectivity index (χ2n) is 7.60. The zero-order valence-electron chi connectivity index (χ0n) is 17.3. The number of nitrogens with one attached hydrogen (secondary N) is 1. The van der Waals surface area contributed by atoms with Crippen LogP contribution in [0.2, 0.25) is 0 Å². The van der Waals surface area contributed by atoms with Gasteiger partial charge in [0.05, 0.1) is 18.0 Å². The summed E-state index contributed by atoms with van der Waals surface area (Å²) in [5.74, 6) is 1.54. The monoisotopic (exact) mass is 430 g/mol. The van der Waals surface area contributed by atoms with E-state index >= 15 is 0 Å². The summed E-state index contributed by atoms with van der Waals surface area (Å²) in [6.07, 6.45) is 3.87. The highest BCUT2D eigenvalue weighted by molar-refractivity contribution is 7.14. The molecule has 4 aromatic rings. The van der Waals surface area contributed by atoms with Crippen molar-refractivity contribution in [3.05, 3.63) is 70.7 Å². The molecule has 156 valence electrons. The number of hydrogen-bond donors (Lipinski definition) is 1. The van der Waals surface area contributed by atoms with Gasteiger partial charge in [-0.2, -0.15) is 5.10 Å². The fourth-order valence-corrected chi connectivity index (χ4v) is 4.56. The van der Waals surface area contributed by atoms with E-state index in [1.54, 1.807) is 13.4 Å². The third kappa shape index (κ3) is 3.96. The van der Waals surface area contributed by atoms with E-state index in [9.17, 15) is 4.79 Å². The molecule has 0 unspecified atom stereocenters. The van der Waals surface area contributed by atoms with Crippen LogP contribution >= 0.6 is 11.3 Å². The van der Waals surface area contributed by atoms with Crippen molar-refractivity contribution in [2.24, 2.45) is 0 Å². The van der Waals surface area contributed by atoms with Crippen LogP contribution in [-0.2, 0) is 0 Å². The lowest BCUT2D eigenvalue weighted by atomic mass is 10.1. The van der Waals surface area contributed by atoms with Crippen LogP contribution in [0.4, 0.5) is 5.69 Å². The normalized spacial score (nSPS) is 13.2. The summed E-state index contributed by atoms with van der Waals surface area (Å²) in [6, 6.07) is 18.0. The zero-order chi connectivity index (χ0) is 21.4. The van der Waals surface area contributed by atoms with Gasteiger partial charge in [-0.05, 0) is 61.2 Å². The smallest absolute Gasteiger partial charge is 0.265 e. The molecule has 0 atom stereocenters. The Bertz CT molecular complexity index is 1240. The number of anilines is 1. The highest BCUT2D eigenvalue weighted by atomic mass is 32.1. The number of ether oxygens (including phenoxy) is 1. The summed E-state index contributed by atoms with van der Waals surface area (Å²) >= 11 is 1.49. The topological polar surface area (TPSA) is 69.0 Å². The van der Waals surface area contributed by atoms with Crippen LogP contribution < -0.4 is 10.1 Å². The molecule has 1 N–H and O–H groups in total. The maximum Gasteiger partial charge on any atom is 0.265 e. The molecule has 1 amide bonds. The van der Waals surface area contributed by atoms with Gasteiger partial charge in [0, 0.05) is 16.1 Å². The van der Waals surface area contributed by atoms with E-state index in [0.29, 0.717) is 10.9 Å². The molecule has 2 aromatic heterocycles. The summed E-state index contributed by atoms with van der Waals surface area (Å²) in [7, 11) is 1.65. The molecule has 0 bridgehead atoms. The molecule has 2 aromatic carbocycles. The number of carbonyl (C=O) groups is 1. The molecule has 5 rings (SSSR count). The number of thiophene rings is 1. The molecule has 0 radical (unpaired) electrons. The van der Waals surface area contributed by atoms with Crippen molar-refractivity contribution in [3.8, 4) is 28.3 Å². The minimum absolute atomic E-state index is 0.117. The van der Waals surface area contributed by atoms with Crippen molar-refractivity contribution < 1.29 is 9.53 Å². The lowest BCUT2D eigenvalue weighted by Gasteiger charge is -2.08. The van der Waals surface area contributed by atoms with E-state index in [0.717, 1.165) is 51.7 Å². The number of nitrogens with zero attached hydrogens (tertiary/aromatic N) is 3. The molecule has 1 saturated carbocycles. The lowest BCUT2D eigenvalue weighted by Crippen LogP contribution is -2.10. The molecular formula is C24H22N4O2S. The minimum atomic E-state index is -0.117. The van der Waals surface area contributed by atoms with E-state index in [4.69, 9.17) is 4.74 Å². The van der Waals surface area contributed by atoms with E-state index in [1.165, 1.54) is 11.3 Å². The summed E-state index contributed by atoms with van der Waals surface area (Å²) in [5.41, 5.74) is 3.81. The fourth-order valence-electron chi connectivity index (χ4n) is 3.62. The van der Waals surface area contributed by atoms with E-state index in [1.807, 2.05) is 66.2 Å². The Morgan fingerprint density at radius 2 is 1.94 bits per heavy atom. The van der Waals surface area contributed by atoms with Gasteiger partial charge < -0.3 is 10.1 Å². The van der Waals surface area contributed by atoms with Gasteiger partial charge in [0.2, 0.25) is 0 Å². The number of aromatic nitrogens is 3. The Labute approximate surface area is 184 Å². The van der Waals surface area contributed by atoms with Crippen LogP contribution in [0.15, 0.2) is 60.9 Å². The quantitative estimate of drug-likeness (QED) is 0.434. The summed E-state index contributed by atoms with van der Waals surface area (Å²) in [5, 5.41) is 7.39. The molecule has 1 aliphatic rings. The molecular weight excluding hydrogens is 408 g/mol. The third-order valence-electron chi connectivity index (χ3n) is 5.39. The molecule has 0 spiro atoms. The first-order valence-corrected chi connectivity index (χ1v) is 11.0. The molecule has 31 heavy (non-hydrogen) atoms. The molecule has 0 aliphatic heterocycles. The average Bonchev–Trinajstić information content (AvgIpc) is 3.38. The largest absolute Gasteiger partial charge is 0.497 e. The van der Waals surface area contributed by atoms with Crippen molar-refractivity contribution in [1.82, 2.24) is 14.8 Å². The number of aryl methyl sites for hydroxylation is 1. The van der Waals surface area contributed by atoms with Gasteiger partial charge in [0.1, 0.15) is 12.1 Å². The summed E-state index contributed by atoms with van der Waals surface area (Å²) in [4.78, 5) is 19.1. The summed E-state index contributed by atoms with van der Waals surface area (Å²) in [6.45, 7) is 2.03. The first-order chi connectivity index (χ1) is 15.1. The van der Waals surface area contributed by atoms with Crippen molar-refractivity contribution in [2.45, 2.75) is 25.8 Å². The predicted octanol–water partition coefficient (Wildman–Crippen LogP) is 5.58. The highest BCUT2D eigenvalue weighted by Crippen LogP contribution is 2.37. The highest BCUT2D eigenvalue weighted by Gasteiger charge is 2.27. The van der Waals surface area contributed by atoms with E-state index < -0.39 is 0 Å². The first-order valence-electron chi connectivity index (χ1n) is 10.2. The minimum Gasteiger partial charge on any atom is -0.497 e.